The van der Waals surface area contributed by atoms with Gasteiger partial charge in [0.25, 0.3) is 5.56 Å². The molecule has 2 aliphatic heterocycles. The maximum absolute atomic E-state index is 15.1. The molecular weight excluding hydrogens is 554 g/mol. The first kappa shape index (κ1) is 28.3. The van der Waals surface area contributed by atoms with E-state index in [1.807, 2.05) is 25.8 Å². The zero-order valence-corrected chi connectivity index (χ0v) is 23.5. The number of alkyl halides is 3. The number of rotatable bonds is 5. The highest BCUT2D eigenvalue weighted by atomic mass is 19.4. The summed E-state index contributed by atoms with van der Waals surface area (Å²) in [4.78, 5) is 31.0. The summed E-state index contributed by atoms with van der Waals surface area (Å²) in [6.07, 6.45) is -3.12. The van der Waals surface area contributed by atoms with Gasteiger partial charge in [-0.1, -0.05) is 24.3 Å². The van der Waals surface area contributed by atoms with E-state index >= 15 is 4.39 Å². The van der Waals surface area contributed by atoms with Crippen LogP contribution in [0.25, 0.3) is 27.5 Å². The average Bonchev–Trinajstić information content (AvgIpc) is 3.35. The van der Waals surface area contributed by atoms with Crippen LogP contribution in [0.5, 0.6) is 6.01 Å². The van der Waals surface area contributed by atoms with Crippen LogP contribution in [-0.2, 0) is 6.18 Å². The molecule has 222 valence electrons. The molecule has 42 heavy (non-hydrogen) atoms. The zero-order valence-electron chi connectivity index (χ0n) is 23.5. The molecule has 2 aromatic carbocycles. The monoisotopic (exact) mass is 585 g/mol. The number of benzene rings is 2. The number of ether oxygens (including phenoxy) is 1. The van der Waals surface area contributed by atoms with Crippen molar-refractivity contribution in [3.63, 3.8) is 0 Å². The maximum atomic E-state index is 15.1. The Bertz CT molecular complexity index is 1690. The van der Waals surface area contributed by atoms with Crippen LogP contribution in [-0.4, -0.2) is 75.8 Å². The van der Waals surface area contributed by atoms with Crippen molar-refractivity contribution in [2.24, 2.45) is 0 Å². The summed E-state index contributed by atoms with van der Waals surface area (Å²) in [5, 5.41) is 3.50. The third-order valence-corrected chi connectivity index (χ3v) is 8.16. The van der Waals surface area contributed by atoms with Crippen molar-refractivity contribution in [1.29, 1.82) is 0 Å². The van der Waals surface area contributed by atoms with Crippen LogP contribution in [0.2, 0.25) is 0 Å². The molecule has 0 amide bonds. The highest BCUT2D eigenvalue weighted by Crippen LogP contribution is 2.35. The number of hydrogen-bond donors (Lipinski definition) is 1. The Morgan fingerprint density at radius 3 is 2.40 bits per heavy atom. The van der Waals surface area contributed by atoms with E-state index < -0.39 is 23.4 Å². The van der Waals surface area contributed by atoms with E-state index in [-0.39, 0.29) is 58.7 Å². The molecule has 2 saturated heterocycles. The minimum Gasteiger partial charge on any atom is -0.462 e. The highest BCUT2D eigenvalue weighted by Gasteiger charge is 2.40. The first-order chi connectivity index (χ1) is 20.0. The highest BCUT2D eigenvalue weighted by molar-refractivity contribution is 5.92. The molecule has 2 fully saturated rings. The Hall–Kier alpha value is -3.84. The molecule has 1 unspecified atom stereocenters. The van der Waals surface area contributed by atoms with Gasteiger partial charge < -0.3 is 19.9 Å². The summed E-state index contributed by atoms with van der Waals surface area (Å²) in [7, 11) is 1.99. The SMILES string of the molecule is C[C@H]1CNC[C@H](C)N1c1nc(OCC2CCCN2C)nc2c(=O)n(-c3cccc4cccc(F)c34)c(C(F)(F)F)nc12. The molecule has 4 heterocycles. The summed E-state index contributed by atoms with van der Waals surface area (Å²) in [6, 6.07) is 8.10. The van der Waals surface area contributed by atoms with Crippen molar-refractivity contribution in [3.05, 3.63) is 58.4 Å². The molecule has 0 radical (unpaired) electrons. The molecule has 3 atom stereocenters. The Kier molecular flexibility index (Phi) is 7.26. The number of hydrogen-bond acceptors (Lipinski definition) is 8. The standard InChI is InChI=1S/C29H31F4N7O2/c1-16-13-34-14-17(2)39(16)25-23-24(36-28(37-25)42-15-19-9-6-12-38(19)3)26(41)40(27(35-23)29(31,32)33)21-11-5-8-18-7-4-10-20(30)22(18)21/h4-5,7-8,10-11,16-17,19,34H,6,9,12-15H2,1-3H3/t16-,17-,19?/m0/s1. The van der Waals surface area contributed by atoms with Crippen molar-refractivity contribution in [1.82, 2.24) is 29.7 Å². The summed E-state index contributed by atoms with van der Waals surface area (Å²) in [6.45, 7) is 6.11. The first-order valence-electron chi connectivity index (χ1n) is 14.0. The maximum Gasteiger partial charge on any atom is 0.450 e. The van der Waals surface area contributed by atoms with E-state index in [0.717, 1.165) is 25.5 Å². The van der Waals surface area contributed by atoms with E-state index in [1.165, 1.54) is 18.2 Å². The summed E-state index contributed by atoms with van der Waals surface area (Å²) in [5.41, 5.74) is -1.99. The molecule has 4 aromatic rings. The Labute approximate surface area is 239 Å². The second kappa shape index (κ2) is 10.8. The van der Waals surface area contributed by atoms with Crippen molar-refractivity contribution in [2.45, 2.75) is 51.0 Å². The van der Waals surface area contributed by atoms with E-state index in [4.69, 9.17) is 4.74 Å². The van der Waals surface area contributed by atoms with Gasteiger partial charge in [-0.25, -0.2) is 9.37 Å². The summed E-state index contributed by atoms with van der Waals surface area (Å²) in [5.74, 6) is -2.16. The molecule has 0 saturated carbocycles. The fourth-order valence-corrected chi connectivity index (χ4v) is 6.06. The minimum atomic E-state index is -5.05. The normalized spacial score (nSPS) is 21.9. The van der Waals surface area contributed by atoms with E-state index in [0.29, 0.717) is 23.0 Å². The van der Waals surface area contributed by atoms with Gasteiger partial charge in [-0.2, -0.15) is 23.1 Å². The molecular formula is C29H31F4N7O2. The molecule has 0 bridgehead atoms. The van der Waals surface area contributed by atoms with E-state index in [1.54, 1.807) is 12.1 Å². The Morgan fingerprint density at radius 1 is 1.02 bits per heavy atom. The molecule has 2 aromatic heterocycles. The van der Waals surface area contributed by atoms with Gasteiger partial charge in [-0.3, -0.25) is 9.36 Å². The number of halogens is 4. The lowest BCUT2D eigenvalue weighted by Crippen LogP contribution is -2.55. The Morgan fingerprint density at radius 2 is 1.74 bits per heavy atom. The van der Waals surface area contributed by atoms with Crippen LogP contribution in [0.4, 0.5) is 23.4 Å². The topological polar surface area (TPSA) is 88.4 Å². The van der Waals surface area contributed by atoms with Gasteiger partial charge in [-0.15, -0.1) is 0 Å². The molecule has 0 spiro atoms. The van der Waals surface area contributed by atoms with E-state index in [9.17, 15) is 18.0 Å². The number of fused-ring (bicyclic) bond motifs is 2. The quantitative estimate of drug-likeness (QED) is 0.350. The van der Waals surface area contributed by atoms with Crippen molar-refractivity contribution >= 4 is 27.6 Å². The molecule has 6 rings (SSSR count). The second-order valence-electron chi connectivity index (χ2n) is 11.1. The lowest BCUT2D eigenvalue weighted by atomic mass is 10.1. The van der Waals surface area contributed by atoms with Crippen LogP contribution in [0, 0.1) is 5.82 Å². The summed E-state index contributed by atoms with van der Waals surface area (Å²) >= 11 is 0. The van der Waals surface area contributed by atoms with Crippen molar-refractivity contribution < 1.29 is 22.3 Å². The predicted molar refractivity (Wildman–Crippen MR) is 151 cm³/mol. The fraction of sp³-hybridized carbons (Fsp3) is 0.448. The molecule has 1 N–H and O–H groups in total. The number of aromatic nitrogens is 4. The van der Waals surface area contributed by atoms with Gasteiger partial charge >= 0.3 is 12.2 Å². The van der Waals surface area contributed by atoms with Crippen LogP contribution in [0.3, 0.4) is 0 Å². The molecule has 9 nitrogen and oxygen atoms in total. The number of nitrogens with one attached hydrogen (secondary N) is 1. The van der Waals surface area contributed by atoms with Gasteiger partial charge in [0.1, 0.15) is 17.9 Å². The summed E-state index contributed by atoms with van der Waals surface area (Å²) < 4.78 is 65.5. The van der Waals surface area contributed by atoms with Crippen molar-refractivity contribution in [3.8, 4) is 11.7 Å². The number of likely N-dealkylation sites (N-methyl/N-ethyl adjacent to an activating group) is 1. The number of likely N-dealkylation sites (tertiary alicyclic amines) is 1. The number of anilines is 1. The Balaban J connectivity index is 1.63. The van der Waals surface area contributed by atoms with Crippen LogP contribution in [0.1, 0.15) is 32.5 Å². The lowest BCUT2D eigenvalue weighted by molar-refractivity contribution is -0.146. The van der Waals surface area contributed by atoms with Crippen LogP contribution >= 0.6 is 0 Å². The van der Waals surface area contributed by atoms with E-state index in [2.05, 4.69) is 25.2 Å². The molecule has 0 aliphatic carbocycles. The molecule has 2 aliphatic rings. The van der Waals surface area contributed by atoms with Crippen LogP contribution in [0.15, 0.2) is 41.2 Å². The average molecular weight is 586 g/mol. The molecule has 13 heteroatoms. The van der Waals surface area contributed by atoms with Gasteiger partial charge in [0.2, 0.25) is 5.82 Å². The van der Waals surface area contributed by atoms with Gasteiger partial charge in [0.15, 0.2) is 11.3 Å². The van der Waals surface area contributed by atoms with Gasteiger partial charge in [0, 0.05) is 36.6 Å². The third-order valence-electron chi connectivity index (χ3n) is 8.16. The third kappa shape index (κ3) is 4.94. The number of piperazine rings is 1. The number of nitrogens with zero attached hydrogens (tertiary/aromatic N) is 6. The zero-order chi connectivity index (χ0) is 29.8. The minimum absolute atomic E-state index is 0.0927. The second-order valence-corrected chi connectivity index (χ2v) is 11.1. The smallest absolute Gasteiger partial charge is 0.450 e. The van der Waals surface area contributed by atoms with Gasteiger partial charge in [0.05, 0.1) is 5.69 Å². The fourth-order valence-electron chi connectivity index (χ4n) is 6.06. The predicted octanol–water partition coefficient (Wildman–Crippen LogP) is 4.15. The first-order valence-corrected chi connectivity index (χ1v) is 14.0. The van der Waals surface area contributed by atoms with Gasteiger partial charge in [-0.05, 0) is 57.8 Å². The lowest BCUT2D eigenvalue weighted by Gasteiger charge is -2.40. The van der Waals surface area contributed by atoms with Crippen molar-refractivity contribution in [2.75, 3.05) is 38.2 Å². The van der Waals surface area contributed by atoms with Crippen LogP contribution < -0.4 is 20.5 Å². The largest absolute Gasteiger partial charge is 0.462 e.